The number of hydrogen-bond acceptors (Lipinski definition) is 2. The molecule has 1 N–H and O–H groups in total. The Bertz CT molecular complexity index is 758. The van der Waals surface area contributed by atoms with Crippen molar-refractivity contribution in [3.05, 3.63) is 59.2 Å². The van der Waals surface area contributed by atoms with Gasteiger partial charge in [0.25, 0.3) is 5.91 Å². The lowest BCUT2D eigenvalue weighted by Crippen LogP contribution is -2.43. The second kappa shape index (κ2) is 9.18. The summed E-state index contributed by atoms with van der Waals surface area (Å²) in [4.78, 5) is 20.3. The molecule has 146 valence electrons. The Kier molecular flexibility index (Phi) is 6.67. The molecule has 1 atom stereocenters. The standard InChI is InChI=1S/C22H30FN3O/c1-3-26(22(27)21-9-11-24-17(21)2)16-19-7-5-12-25(15-19)13-10-18-6-4-8-20(23)14-18/h4,6,8-9,11,14,19,24H,3,5,7,10,12-13,15-16H2,1-2H3. The second-order valence-corrected chi connectivity index (χ2v) is 7.55. The summed E-state index contributed by atoms with van der Waals surface area (Å²) in [5.41, 5.74) is 2.75. The van der Waals surface area contributed by atoms with Gasteiger partial charge >= 0.3 is 0 Å². The molecule has 2 heterocycles. The topological polar surface area (TPSA) is 39.3 Å². The predicted octanol–water partition coefficient (Wildman–Crippen LogP) is 3.88. The van der Waals surface area contributed by atoms with Crippen molar-refractivity contribution in [2.75, 3.05) is 32.7 Å². The third-order valence-corrected chi connectivity index (χ3v) is 5.54. The molecular weight excluding hydrogens is 341 g/mol. The van der Waals surface area contributed by atoms with Crippen molar-refractivity contribution in [2.24, 2.45) is 5.92 Å². The molecule has 2 aromatic rings. The first-order valence-corrected chi connectivity index (χ1v) is 9.97. The van der Waals surface area contributed by atoms with Gasteiger partial charge in [0.2, 0.25) is 0 Å². The first kappa shape index (κ1) is 19.6. The highest BCUT2D eigenvalue weighted by atomic mass is 19.1. The van der Waals surface area contributed by atoms with E-state index < -0.39 is 0 Å². The van der Waals surface area contributed by atoms with Gasteiger partial charge in [-0.15, -0.1) is 0 Å². The zero-order valence-corrected chi connectivity index (χ0v) is 16.4. The van der Waals surface area contributed by atoms with Crippen LogP contribution in [0.1, 0.15) is 41.4 Å². The van der Waals surface area contributed by atoms with Gasteiger partial charge in [0, 0.05) is 38.1 Å². The van der Waals surface area contributed by atoms with E-state index >= 15 is 0 Å². The molecule has 0 spiro atoms. The number of carbonyl (C=O) groups excluding carboxylic acids is 1. The number of carbonyl (C=O) groups is 1. The van der Waals surface area contributed by atoms with Crippen LogP contribution in [0, 0.1) is 18.7 Å². The molecule has 1 aromatic heterocycles. The molecule has 0 bridgehead atoms. The molecule has 27 heavy (non-hydrogen) atoms. The number of aryl methyl sites for hydroxylation is 1. The summed E-state index contributed by atoms with van der Waals surface area (Å²) in [7, 11) is 0. The maximum absolute atomic E-state index is 13.3. The highest BCUT2D eigenvalue weighted by Gasteiger charge is 2.25. The normalized spacial score (nSPS) is 17.8. The molecule has 0 aliphatic carbocycles. The van der Waals surface area contributed by atoms with Gasteiger partial charge in [-0.3, -0.25) is 4.79 Å². The van der Waals surface area contributed by atoms with E-state index in [4.69, 9.17) is 0 Å². The lowest BCUT2D eigenvalue weighted by Gasteiger charge is -2.35. The molecule has 1 aliphatic rings. The van der Waals surface area contributed by atoms with Gasteiger partial charge in [-0.05, 0) is 69.3 Å². The van der Waals surface area contributed by atoms with Gasteiger partial charge in [0.1, 0.15) is 5.82 Å². The number of H-pyrrole nitrogens is 1. The van der Waals surface area contributed by atoms with Gasteiger partial charge in [0.05, 0.1) is 5.56 Å². The highest BCUT2D eigenvalue weighted by Crippen LogP contribution is 2.20. The Hall–Kier alpha value is -2.14. The predicted molar refractivity (Wildman–Crippen MR) is 106 cm³/mol. The Balaban J connectivity index is 1.54. The molecule has 5 heteroatoms. The van der Waals surface area contributed by atoms with Crippen molar-refractivity contribution >= 4 is 5.91 Å². The van der Waals surface area contributed by atoms with Crippen molar-refractivity contribution in [1.82, 2.24) is 14.8 Å². The molecule has 1 amide bonds. The van der Waals surface area contributed by atoms with E-state index in [9.17, 15) is 9.18 Å². The summed E-state index contributed by atoms with van der Waals surface area (Å²) in [6.07, 6.45) is 5.00. The monoisotopic (exact) mass is 371 g/mol. The van der Waals surface area contributed by atoms with Crippen LogP contribution in [0.3, 0.4) is 0 Å². The molecule has 3 rings (SSSR count). The number of nitrogens with one attached hydrogen (secondary N) is 1. The van der Waals surface area contributed by atoms with Crippen molar-refractivity contribution in [3.63, 3.8) is 0 Å². The summed E-state index contributed by atoms with van der Waals surface area (Å²) in [6.45, 7) is 8.55. The van der Waals surface area contributed by atoms with E-state index in [2.05, 4.69) is 9.88 Å². The van der Waals surface area contributed by atoms with Crippen molar-refractivity contribution < 1.29 is 9.18 Å². The lowest BCUT2D eigenvalue weighted by molar-refractivity contribution is 0.0690. The van der Waals surface area contributed by atoms with Crippen molar-refractivity contribution in [3.8, 4) is 0 Å². The highest BCUT2D eigenvalue weighted by molar-refractivity contribution is 5.95. The van der Waals surface area contributed by atoms with Crippen LogP contribution in [0.2, 0.25) is 0 Å². The average molecular weight is 372 g/mol. The molecule has 0 radical (unpaired) electrons. The van der Waals surface area contributed by atoms with Crippen LogP contribution in [0.4, 0.5) is 4.39 Å². The van der Waals surface area contributed by atoms with Gasteiger partial charge in [0.15, 0.2) is 0 Å². The van der Waals surface area contributed by atoms with Crippen LogP contribution < -0.4 is 0 Å². The zero-order chi connectivity index (χ0) is 19.2. The van der Waals surface area contributed by atoms with Gasteiger partial charge in [-0.1, -0.05) is 12.1 Å². The SMILES string of the molecule is CCN(CC1CCCN(CCc2cccc(F)c2)C1)C(=O)c1cc[nH]c1C. The molecule has 1 aliphatic heterocycles. The van der Waals surface area contributed by atoms with Gasteiger partial charge < -0.3 is 14.8 Å². The van der Waals surface area contributed by atoms with Crippen LogP contribution >= 0.6 is 0 Å². The summed E-state index contributed by atoms with van der Waals surface area (Å²) >= 11 is 0. The van der Waals surface area contributed by atoms with Gasteiger partial charge in [-0.2, -0.15) is 0 Å². The first-order valence-electron chi connectivity index (χ1n) is 9.97. The summed E-state index contributed by atoms with van der Waals surface area (Å²) in [5.74, 6) is 0.448. The maximum atomic E-state index is 13.3. The number of halogens is 1. The number of aromatic nitrogens is 1. The van der Waals surface area contributed by atoms with E-state index in [0.717, 1.165) is 68.8 Å². The smallest absolute Gasteiger partial charge is 0.255 e. The number of amides is 1. The minimum absolute atomic E-state index is 0.119. The van der Waals surface area contributed by atoms with Crippen LogP contribution in [-0.4, -0.2) is 53.4 Å². The van der Waals surface area contributed by atoms with E-state index in [-0.39, 0.29) is 11.7 Å². The quantitative estimate of drug-likeness (QED) is 0.802. The fourth-order valence-corrected chi connectivity index (χ4v) is 4.01. The largest absolute Gasteiger partial charge is 0.365 e. The minimum atomic E-state index is -0.166. The third-order valence-electron chi connectivity index (χ3n) is 5.54. The molecule has 1 unspecified atom stereocenters. The Labute approximate surface area is 161 Å². The lowest BCUT2D eigenvalue weighted by atomic mass is 9.96. The number of likely N-dealkylation sites (tertiary alicyclic amines) is 1. The average Bonchev–Trinajstić information content (AvgIpc) is 3.10. The summed E-state index contributed by atoms with van der Waals surface area (Å²) in [6, 6.07) is 8.74. The third kappa shape index (κ3) is 5.19. The Morgan fingerprint density at radius 2 is 2.22 bits per heavy atom. The number of rotatable bonds is 7. The molecule has 0 saturated carbocycles. The Morgan fingerprint density at radius 3 is 2.93 bits per heavy atom. The number of nitrogens with zero attached hydrogens (tertiary/aromatic N) is 2. The fourth-order valence-electron chi connectivity index (χ4n) is 4.01. The molecular formula is C22H30FN3O. The molecule has 1 saturated heterocycles. The minimum Gasteiger partial charge on any atom is -0.365 e. The maximum Gasteiger partial charge on any atom is 0.255 e. The number of benzene rings is 1. The van der Waals surface area contributed by atoms with Crippen LogP contribution in [0.15, 0.2) is 36.5 Å². The number of hydrogen-bond donors (Lipinski definition) is 1. The molecule has 1 aromatic carbocycles. The summed E-state index contributed by atoms with van der Waals surface area (Å²) < 4.78 is 13.3. The van der Waals surface area contributed by atoms with Crippen molar-refractivity contribution in [1.29, 1.82) is 0 Å². The van der Waals surface area contributed by atoms with E-state index in [1.165, 1.54) is 6.07 Å². The second-order valence-electron chi connectivity index (χ2n) is 7.55. The van der Waals surface area contributed by atoms with Crippen LogP contribution in [0.25, 0.3) is 0 Å². The number of aromatic amines is 1. The van der Waals surface area contributed by atoms with E-state index in [1.807, 2.05) is 37.1 Å². The van der Waals surface area contributed by atoms with Gasteiger partial charge in [-0.25, -0.2) is 4.39 Å². The van der Waals surface area contributed by atoms with E-state index in [1.54, 1.807) is 12.1 Å². The summed E-state index contributed by atoms with van der Waals surface area (Å²) in [5, 5.41) is 0. The fraction of sp³-hybridized carbons (Fsp3) is 0.500. The van der Waals surface area contributed by atoms with Crippen LogP contribution in [0.5, 0.6) is 0 Å². The van der Waals surface area contributed by atoms with E-state index in [0.29, 0.717) is 5.92 Å². The Morgan fingerprint density at radius 1 is 1.37 bits per heavy atom. The molecule has 1 fully saturated rings. The number of piperidine rings is 1. The van der Waals surface area contributed by atoms with Crippen LogP contribution in [-0.2, 0) is 6.42 Å². The molecule has 4 nitrogen and oxygen atoms in total. The van der Waals surface area contributed by atoms with Crippen molar-refractivity contribution in [2.45, 2.75) is 33.1 Å². The first-order chi connectivity index (χ1) is 13.1. The zero-order valence-electron chi connectivity index (χ0n) is 16.4.